The van der Waals surface area contributed by atoms with E-state index in [2.05, 4.69) is 22.5 Å². The van der Waals surface area contributed by atoms with Crippen LogP contribution >= 0.6 is 0 Å². The molecule has 1 saturated heterocycles. The van der Waals surface area contributed by atoms with Gasteiger partial charge in [0.05, 0.1) is 5.92 Å². The van der Waals surface area contributed by atoms with Gasteiger partial charge < -0.3 is 15.5 Å². The molecule has 1 rings (SSSR count). The number of likely N-dealkylation sites (N-methyl/N-ethyl adjacent to an activating group) is 1. The van der Waals surface area contributed by atoms with E-state index in [9.17, 15) is 4.79 Å². The third kappa shape index (κ3) is 3.80. The summed E-state index contributed by atoms with van der Waals surface area (Å²) >= 11 is 0. The molecule has 0 aromatic carbocycles. The minimum absolute atomic E-state index is 0.178. The van der Waals surface area contributed by atoms with Crippen LogP contribution in [-0.2, 0) is 4.79 Å². The molecule has 15 heavy (non-hydrogen) atoms. The lowest BCUT2D eigenvalue weighted by molar-refractivity contribution is -0.125. The largest absolute Gasteiger partial charge is 0.355 e. The topological polar surface area (TPSA) is 44.4 Å². The van der Waals surface area contributed by atoms with Crippen LogP contribution in [0.15, 0.2) is 0 Å². The Morgan fingerprint density at radius 3 is 2.87 bits per heavy atom. The molecule has 0 bridgehead atoms. The number of nitrogens with one attached hydrogen (secondary N) is 2. The molecule has 2 unspecified atom stereocenters. The van der Waals surface area contributed by atoms with Crippen LogP contribution in [0.25, 0.3) is 0 Å². The Morgan fingerprint density at radius 2 is 2.27 bits per heavy atom. The standard InChI is InChI=1S/C11H23N3O/c1-4-10-9(5-6-12-10)11(15)13-7-8-14(2)3/h9-10,12H,4-8H2,1-3H3,(H,13,15). The number of amides is 1. The third-order valence-corrected chi connectivity index (χ3v) is 2.98. The molecule has 4 heteroatoms. The van der Waals surface area contributed by atoms with E-state index in [1.165, 1.54) is 0 Å². The van der Waals surface area contributed by atoms with E-state index >= 15 is 0 Å². The van der Waals surface area contributed by atoms with Gasteiger partial charge in [-0.1, -0.05) is 6.92 Å². The summed E-state index contributed by atoms with van der Waals surface area (Å²) in [6.07, 6.45) is 2.01. The normalized spacial score (nSPS) is 25.9. The van der Waals surface area contributed by atoms with E-state index in [0.717, 1.165) is 32.5 Å². The Labute approximate surface area is 92.4 Å². The molecule has 1 aliphatic heterocycles. The minimum atomic E-state index is 0.178. The Morgan fingerprint density at radius 1 is 1.53 bits per heavy atom. The molecule has 1 aliphatic rings. The number of carbonyl (C=O) groups is 1. The molecule has 1 amide bonds. The summed E-state index contributed by atoms with van der Waals surface area (Å²) in [7, 11) is 4.02. The van der Waals surface area contributed by atoms with E-state index in [-0.39, 0.29) is 11.8 Å². The van der Waals surface area contributed by atoms with Crippen molar-refractivity contribution in [1.82, 2.24) is 15.5 Å². The number of carbonyl (C=O) groups excluding carboxylic acids is 1. The summed E-state index contributed by atoms with van der Waals surface area (Å²) in [5.41, 5.74) is 0. The second-order valence-electron chi connectivity index (χ2n) is 4.46. The van der Waals surface area contributed by atoms with Crippen molar-refractivity contribution in [3.8, 4) is 0 Å². The second kappa shape index (κ2) is 6.08. The molecule has 0 spiro atoms. The van der Waals surface area contributed by atoms with Crippen LogP contribution in [0.3, 0.4) is 0 Å². The fourth-order valence-corrected chi connectivity index (χ4v) is 2.04. The van der Waals surface area contributed by atoms with Gasteiger partial charge in [-0.15, -0.1) is 0 Å². The SMILES string of the molecule is CCC1NCCC1C(=O)NCCN(C)C. The van der Waals surface area contributed by atoms with E-state index in [1.54, 1.807) is 0 Å². The summed E-state index contributed by atoms with van der Waals surface area (Å²) in [6.45, 7) is 4.76. The van der Waals surface area contributed by atoms with Crippen molar-refractivity contribution in [3.63, 3.8) is 0 Å². The fraction of sp³-hybridized carbons (Fsp3) is 0.909. The maximum Gasteiger partial charge on any atom is 0.224 e. The van der Waals surface area contributed by atoms with Crippen LogP contribution in [0.1, 0.15) is 19.8 Å². The average molecular weight is 213 g/mol. The molecular formula is C11H23N3O. The van der Waals surface area contributed by atoms with Crippen LogP contribution in [0.2, 0.25) is 0 Å². The smallest absolute Gasteiger partial charge is 0.224 e. The highest BCUT2D eigenvalue weighted by Crippen LogP contribution is 2.17. The van der Waals surface area contributed by atoms with E-state index in [0.29, 0.717) is 6.04 Å². The molecule has 0 radical (unpaired) electrons. The summed E-state index contributed by atoms with van der Waals surface area (Å²) in [5.74, 6) is 0.394. The summed E-state index contributed by atoms with van der Waals surface area (Å²) < 4.78 is 0. The first-order valence-corrected chi connectivity index (χ1v) is 5.81. The molecule has 88 valence electrons. The maximum atomic E-state index is 11.8. The molecule has 4 nitrogen and oxygen atoms in total. The van der Waals surface area contributed by atoms with Crippen LogP contribution in [0, 0.1) is 5.92 Å². The molecule has 1 heterocycles. The molecule has 1 fully saturated rings. The molecule has 0 aliphatic carbocycles. The Bertz CT molecular complexity index is 206. The molecule has 0 saturated carbocycles. The van der Waals surface area contributed by atoms with Crippen LogP contribution < -0.4 is 10.6 Å². The van der Waals surface area contributed by atoms with Gasteiger partial charge in [-0.25, -0.2) is 0 Å². The zero-order chi connectivity index (χ0) is 11.3. The highest BCUT2D eigenvalue weighted by Gasteiger charge is 2.30. The quantitative estimate of drug-likeness (QED) is 0.678. The van der Waals surface area contributed by atoms with Crippen molar-refractivity contribution in [2.24, 2.45) is 5.92 Å². The number of rotatable bonds is 5. The van der Waals surface area contributed by atoms with Gasteiger partial charge in [0.2, 0.25) is 5.91 Å². The summed E-state index contributed by atoms with van der Waals surface area (Å²) in [6, 6.07) is 0.379. The molecule has 0 aromatic rings. The molecule has 0 aromatic heterocycles. The first-order chi connectivity index (χ1) is 7.15. The Balaban J connectivity index is 2.27. The van der Waals surface area contributed by atoms with Gasteiger partial charge in [-0.2, -0.15) is 0 Å². The van der Waals surface area contributed by atoms with Gasteiger partial charge in [0.15, 0.2) is 0 Å². The zero-order valence-corrected chi connectivity index (χ0v) is 10.0. The minimum Gasteiger partial charge on any atom is -0.355 e. The van der Waals surface area contributed by atoms with Crippen molar-refractivity contribution >= 4 is 5.91 Å². The summed E-state index contributed by atoms with van der Waals surface area (Å²) in [5, 5.41) is 6.36. The zero-order valence-electron chi connectivity index (χ0n) is 10.0. The van der Waals surface area contributed by atoms with Gasteiger partial charge in [-0.3, -0.25) is 4.79 Å². The van der Waals surface area contributed by atoms with Crippen LogP contribution in [0.5, 0.6) is 0 Å². The van der Waals surface area contributed by atoms with Crippen molar-refractivity contribution in [1.29, 1.82) is 0 Å². The third-order valence-electron chi connectivity index (χ3n) is 2.98. The predicted octanol–water partition coefficient (Wildman–Crippen LogP) is 0.0523. The van der Waals surface area contributed by atoms with Crippen molar-refractivity contribution < 1.29 is 4.79 Å². The van der Waals surface area contributed by atoms with E-state index < -0.39 is 0 Å². The van der Waals surface area contributed by atoms with Crippen molar-refractivity contribution in [2.45, 2.75) is 25.8 Å². The lowest BCUT2D eigenvalue weighted by Gasteiger charge is -2.18. The second-order valence-corrected chi connectivity index (χ2v) is 4.46. The Hall–Kier alpha value is -0.610. The van der Waals surface area contributed by atoms with E-state index in [4.69, 9.17) is 0 Å². The van der Waals surface area contributed by atoms with Crippen molar-refractivity contribution in [2.75, 3.05) is 33.7 Å². The van der Waals surface area contributed by atoms with Gasteiger partial charge in [0, 0.05) is 19.1 Å². The highest BCUT2D eigenvalue weighted by molar-refractivity contribution is 5.79. The fourth-order valence-electron chi connectivity index (χ4n) is 2.04. The van der Waals surface area contributed by atoms with Gasteiger partial charge in [0.1, 0.15) is 0 Å². The predicted molar refractivity (Wildman–Crippen MR) is 61.8 cm³/mol. The Kier molecular flexibility index (Phi) is 5.05. The van der Waals surface area contributed by atoms with E-state index in [1.807, 2.05) is 14.1 Å². The van der Waals surface area contributed by atoms with Gasteiger partial charge in [0.25, 0.3) is 0 Å². The first kappa shape index (κ1) is 12.5. The first-order valence-electron chi connectivity index (χ1n) is 5.81. The number of hydrogen-bond acceptors (Lipinski definition) is 3. The molecular weight excluding hydrogens is 190 g/mol. The lowest BCUT2D eigenvalue weighted by atomic mass is 9.98. The highest BCUT2D eigenvalue weighted by atomic mass is 16.1. The number of hydrogen-bond donors (Lipinski definition) is 2. The maximum absolute atomic E-state index is 11.8. The number of nitrogens with zero attached hydrogens (tertiary/aromatic N) is 1. The molecule has 2 atom stereocenters. The van der Waals surface area contributed by atoms with Crippen molar-refractivity contribution in [3.05, 3.63) is 0 Å². The average Bonchev–Trinajstić information content (AvgIpc) is 2.64. The lowest BCUT2D eigenvalue weighted by Crippen LogP contribution is -2.40. The van der Waals surface area contributed by atoms with Crippen LogP contribution in [-0.4, -0.2) is 50.6 Å². The van der Waals surface area contributed by atoms with Gasteiger partial charge in [-0.05, 0) is 33.5 Å². The van der Waals surface area contributed by atoms with Gasteiger partial charge >= 0.3 is 0 Å². The molecule has 2 N–H and O–H groups in total. The monoisotopic (exact) mass is 213 g/mol. The van der Waals surface area contributed by atoms with Crippen LogP contribution in [0.4, 0.5) is 0 Å². The summed E-state index contributed by atoms with van der Waals surface area (Å²) in [4.78, 5) is 13.9.